The van der Waals surface area contributed by atoms with Crippen molar-refractivity contribution in [3.8, 4) is 0 Å². The van der Waals surface area contributed by atoms with E-state index in [1.54, 1.807) is 30.1 Å². The van der Waals surface area contributed by atoms with E-state index in [1.165, 1.54) is 12.1 Å². The highest BCUT2D eigenvalue weighted by molar-refractivity contribution is 5.32. The monoisotopic (exact) mass is 220 g/mol. The SMILES string of the molecule is Cc1cc(F)ccc1C(O)c1cncn1C. The fraction of sp³-hybridized carbons (Fsp3) is 0.250. The van der Waals surface area contributed by atoms with Crippen molar-refractivity contribution >= 4 is 0 Å². The van der Waals surface area contributed by atoms with Gasteiger partial charge in [0.15, 0.2) is 0 Å². The maximum atomic E-state index is 12.9. The molecule has 0 amide bonds. The Morgan fingerprint density at radius 3 is 2.75 bits per heavy atom. The van der Waals surface area contributed by atoms with Gasteiger partial charge in [-0.1, -0.05) is 6.07 Å². The first-order valence-corrected chi connectivity index (χ1v) is 5.00. The Kier molecular flexibility index (Phi) is 2.75. The van der Waals surface area contributed by atoms with Crippen LogP contribution in [0.1, 0.15) is 22.9 Å². The molecule has 4 heteroatoms. The van der Waals surface area contributed by atoms with E-state index in [4.69, 9.17) is 0 Å². The summed E-state index contributed by atoms with van der Waals surface area (Å²) in [5, 5.41) is 10.2. The van der Waals surface area contributed by atoms with E-state index in [0.29, 0.717) is 11.3 Å². The highest BCUT2D eigenvalue weighted by atomic mass is 19.1. The third-order valence-corrected chi connectivity index (χ3v) is 2.66. The Balaban J connectivity index is 2.41. The van der Waals surface area contributed by atoms with Gasteiger partial charge in [0.25, 0.3) is 0 Å². The number of halogens is 1. The lowest BCUT2D eigenvalue weighted by Gasteiger charge is -2.14. The molecule has 0 spiro atoms. The predicted octanol–water partition coefficient (Wildman–Crippen LogP) is 1.95. The zero-order valence-electron chi connectivity index (χ0n) is 9.18. The molecule has 0 saturated carbocycles. The first kappa shape index (κ1) is 10.8. The second-order valence-electron chi connectivity index (χ2n) is 3.83. The van der Waals surface area contributed by atoms with Crippen LogP contribution in [0.15, 0.2) is 30.7 Å². The first-order chi connectivity index (χ1) is 7.59. The van der Waals surface area contributed by atoms with E-state index in [2.05, 4.69) is 4.98 Å². The summed E-state index contributed by atoms with van der Waals surface area (Å²) in [6.07, 6.45) is 2.46. The number of hydrogen-bond acceptors (Lipinski definition) is 2. The van der Waals surface area contributed by atoms with Crippen LogP contribution in [-0.4, -0.2) is 14.7 Å². The average Bonchev–Trinajstić information content (AvgIpc) is 2.63. The van der Waals surface area contributed by atoms with E-state index in [9.17, 15) is 9.50 Å². The molecule has 1 unspecified atom stereocenters. The van der Waals surface area contributed by atoms with Crippen molar-refractivity contribution in [2.75, 3.05) is 0 Å². The van der Waals surface area contributed by atoms with Gasteiger partial charge < -0.3 is 9.67 Å². The van der Waals surface area contributed by atoms with Gasteiger partial charge >= 0.3 is 0 Å². The molecule has 1 atom stereocenters. The Morgan fingerprint density at radius 2 is 2.19 bits per heavy atom. The molecule has 1 aromatic carbocycles. The van der Waals surface area contributed by atoms with Gasteiger partial charge in [0.05, 0.1) is 18.2 Å². The van der Waals surface area contributed by atoms with Crippen LogP contribution in [-0.2, 0) is 7.05 Å². The molecule has 2 aromatic rings. The number of aryl methyl sites for hydroxylation is 2. The van der Waals surface area contributed by atoms with Gasteiger partial charge in [0.2, 0.25) is 0 Å². The van der Waals surface area contributed by atoms with Crippen LogP contribution in [0.2, 0.25) is 0 Å². The fourth-order valence-electron chi connectivity index (χ4n) is 1.74. The van der Waals surface area contributed by atoms with Crippen molar-refractivity contribution < 1.29 is 9.50 Å². The van der Waals surface area contributed by atoms with Crippen LogP contribution in [0.5, 0.6) is 0 Å². The Morgan fingerprint density at radius 1 is 1.44 bits per heavy atom. The lowest BCUT2D eigenvalue weighted by atomic mass is 10.0. The number of benzene rings is 1. The smallest absolute Gasteiger partial charge is 0.123 e. The van der Waals surface area contributed by atoms with E-state index < -0.39 is 6.10 Å². The maximum Gasteiger partial charge on any atom is 0.123 e. The van der Waals surface area contributed by atoms with Gasteiger partial charge in [0, 0.05) is 7.05 Å². The summed E-state index contributed by atoms with van der Waals surface area (Å²) in [5.74, 6) is -0.293. The highest BCUT2D eigenvalue weighted by Gasteiger charge is 2.15. The van der Waals surface area contributed by atoms with Crippen LogP contribution >= 0.6 is 0 Å². The molecule has 0 aliphatic rings. The highest BCUT2D eigenvalue weighted by Crippen LogP contribution is 2.24. The average molecular weight is 220 g/mol. The minimum atomic E-state index is -0.770. The topological polar surface area (TPSA) is 38.1 Å². The molecule has 0 saturated heterocycles. The Hall–Kier alpha value is -1.68. The van der Waals surface area contributed by atoms with E-state index in [1.807, 2.05) is 7.05 Å². The maximum absolute atomic E-state index is 12.9. The summed E-state index contributed by atoms with van der Waals surface area (Å²) in [5.41, 5.74) is 2.12. The van der Waals surface area contributed by atoms with Crippen molar-refractivity contribution in [1.29, 1.82) is 0 Å². The molecule has 0 fully saturated rings. The molecule has 2 rings (SSSR count). The minimum absolute atomic E-state index is 0.293. The number of rotatable bonds is 2. The largest absolute Gasteiger partial charge is 0.382 e. The zero-order valence-corrected chi connectivity index (χ0v) is 9.18. The lowest BCUT2D eigenvalue weighted by molar-refractivity contribution is 0.210. The summed E-state index contributed by atoms with van der Waals surface area (Å²) in [4.78, 5) is 3.94. The van der Waals surface area contributed by atoms with E-state index >= 15 is 0 Å². The molecular weight excluding hydrogens is 207 g/mol. The molecule has 0 bridgehead atoms. The molecule has 1 aromatic heterocycles. The van der Waals surface area contributed by atoms with E-state index in [-0.39, 0.29) is 5.82 Å². The molecule has 1 heterocycles. The van der Waals surface area contributed by atoms with Crippen molar-refractivity contribution in [2.45, 2.75) is 13.0 Å². The number of aromatic nitrogens is 2. The van der Waals surface area contributed by atoms with Crippen molar-refractivity contribution in [3.63, 3.8) is 0 Å². The lowest BCUT2D eigenvalue weighted by Crippen LogP contribution is -2.06. The molecule has 84 valence electrons. The second kappa shape index (κ2) is 4.06. The summed E-state index contributed by atoms with van der Waals surface area (Å²) >= 11 is 0. The van der Waals surface area contributed by atoms with Crippen molar-refractivity contribution in [1.82, 2.24) is 9.55 Å². The van der Waals surface area contributed by atoms with Gasteiger partial charge in [-0.3, -0.25) is 0 Å². The standard InChI is InChI=1S/C12H13FN2O/c1-8-5-9(13)3-4-10(8)12(16)11-6-14-7-15(11)2/h3-7,12,16H,1-2H3. The first-order valence-electron chi connectivity index (χ1n) is 5.00. The van der Waals surface area contributed by atoms with Crippen LogP contribution < -0.4 is 0 Å². The summed E-state index contributed by atoms with van der Waals surface area (Å²) in [6, 6.07) is 4.36. The normalized spacial score (nSPS) is 12.8. The minimum Gasteiger partial charge on any atom is -0.382 e. The van der Waals surface area contributed by atoms with Gasteiger partial charge in [-0.2, -0.15) is 0 Å². The summed E-state index contributed by atoms with van der Waals surface area (Å²) in [6.45, 7) is 1.78. The summed E-state index contributed by atoms with van der Waals surface area (Å²) < 4.78 is 14.7. The molecule has 0 aliphatic heterocycles. The zero-order chi connectivity index (χ0) is 11.7. The van der Waals surface area contributed by atoms with Gasteiger partial charge in [-0.25, -0.2) is 9.37 Å². The third kappa shape index (κ3) is 1.84. The van der Waals surface area contributed by atoms with Crippen LogP contribution in [0.25, 0.3) is 0 Å². The Bertz CT molecular complexity index is 507. The Labute approximate surface area is 93.2 Å². The number of nitrogens with zero attached hydrogens (tertiary/aromatic N) is 2. The number of aliphatic hydroxyl groups excluding tert-OH is 1. The number of aliphatic hydroxyl groups is 1. The quantitative estimate of drug-likeness (QED) is 0.840. The molecule has 0 aliphatic carbocycles. The number of imidazole rings is 1. The molecule has 1 N–H and O–H groups in total. The van der Waals surface area contributed by atoms with Crippen molar-refractivity contribution in [2.24, 2.45) is 7.05 Å². The number of hydrogen-bond donors (Lipinski definition) is 1. The van der Waals surface area contributed by atoms with E-state index in [0.717, 1.165) is 5.56 Å². The fourth-order valence-corrected chi connectivity index (χ4v) is 1.74. The molecule has 16 heavy (non-hydrogen) atoms. The molecule has 3 nitrogen and oxygen atoms in total. The molecular formula is C12H13FN2O. The second-order valence-corrected chi connectivity index (χ2v) is 3.83. The third-order valence-electron chi connectivity index (χ3n) is 2.66. The van der Waals surface area contributed by atoms with Crippen LogP contribution in [0.3, 0.4) is 0 Å². The van der Waals surface area contributed by atoms with Gasteiger partial charge in [0.1, 0.15) is 11.9 Å². The molecule has 0 radical (unpaired) electrons. The van der Waals surface area contributed by atoms with Gasteiger partial charge in [-0.15, -0.1) is 0 Å². The predicted molar refractivity (Wildman–Crippen MR) is 58.4 cm³/mol. The van der Waals surface area contributed by atoms with Crippen LogP contribution in [0, 0.1) is 12.7 Å². The van der Waals surface area contributed by atoms with Crippen LogP contribution in [0.4, 0.5) is 4.39 Å². The van der Waals surface area contributed by atoms with Crippen molar-refractivity contribution in [3.05, 3.63) is 53.4 Å². The van der Waals surface area contributed by atoms with Gasteiger partial charge in [-0.05, 0) is 30.2 Å². The summed E-state index contributed by atoms with van der Waals surface area (Å²) in [7, 11) is 1.81.